The molecule has 4 nitrogen and oxygen atoms in total. The summed E-state index contributed by atoms with van der Waals surface area (Å²) < 4.78 is 5.81. The van der Waals surface area contributed by atoms with Gasteiger partial charge >= 0.3 is 0 Å². The molecule has 1 aromatic heterocycles. The number of rotatable bonds is 4. The van der Waals surface area contributed by atoms with Gasteiger partial charge in [-0.1, -0.05) is 54.1 Å². The van der Waals surface area contributed by atoms with E-state index in [4.69, 9.17) is 16.0 Å². The van der Waals surface area contributed by atoms with Crippen molar-refractivity contribution in [3.05, 3.63) is 71.1 Å². The molecule has 0 radical (unpaired) electrons. The van der Waals surface area contributed by atoms with Crippen molar-refractivity contribution in [2.45, 2.75) is 18.9 Å². The lowest BCUT2D eigenvalue weighted by Gasteiger charge is -2.13. The number of hydrogen-bond donors (Lipinski definition) is 0. The Hall–Kier alpha value is -2.17. The highest BCUT2D eigenvalue weighted by molar-refractivity contribution is 6.33. The predicted octanol–water partition coefficient (Wildman–Crippen LogP) is 4.38. The van der Waals surface area contributed by atoms with Gasteiger partial charge in [-0.2, -0.15) is 0 Å². The van der Waals surface area contributed by atoms with Gasteiger partial charge in [0.2, 0.25) is 11.8 Å². The van der Waals surface area contributed by atoms with Gasteiger partial charge in [-0.05, 0) is 36.6 Å². The Labute approximate surface area is 146 Å². The van der Waals surface area contributed by atoms with Crippen molar-refractivity contribution >= 4 is 11.6 Å². The zero-order chi connectivity index (χ0) is 16.4. The molecule has 4 rings (SSSR count). The minimum absolute atomic E-state index is 0.481. The van der Waals surface area contributed by atoms with Crippen LogP contribution in [0.5, 0.6) is 0 Å². The summed E-state index contributed by atoms with van der Waals surface area (Å²) in [5.41, 5.74) is 2.18. The van der Waals surface area contributed by atoms with Crippen LogP contribution in [-0.4, -0.2) is 28.2 Å². The standard InChI is InChI=1S/C19H18ClN3O/c20-17-9-5-4-8-16(17)19-22-21-18(24-19)13-23-11-10-15(12-23)14-6-2-1-3-7-14/h1-9,15H,10-13H2. The van der Waals surface area contributed by atoms with Crippen LogP contribution in [0.25, 0.3) is 11.5 Å². The van der Waals surface area contributed by atoms with E-state index in [1.165, 1.54) is 5.56 Å². The second kappa shape index (κ2) is 6.75. The lowest BCUT2D eigenvalue weighted by Crippen LogP contribution is -2.19. The molecule has 0 N–H and O–H groups in total. The normalized spacial score (nSPS) is 18.1. The number of likely N-dealkylation sites (tertiary alicyclic amines) is 1. The summed E-state index contributed by atoms with van der Waals surface area (Å²) in [6.07, 6.45) is 1.16. The summed E-state index contributed by atoms with van der Waals surface area (Å²) in [7, 11) is 0. The maximum Gasteiger partial charge on any atom is 0.249 e. The molecular weight excluding hydrogens is 322 g/mol. The van der Waals surface area contributed by atoms with Crippen molar-refractivity contribution in [3.63, 3.8) is 0 Å². The van der Waals surface area contributed by atoms with Gasteiger partial charge in [0, 0.05) is 6.54 Å². The molecule has 1 atom stereocenters. The summed E-state index contributed by atoms with van der Waals surface area (Å²) in [5, 5.41) is 8.94. The minimum Gasteiger partial charge on any atom is -0.419 e. The Balaban J connectivity index is 1.43. The zero-order valence-corrected chi connectivity index (χ0v) is 14.0. The predicted molar refractivity (Wildman–Crippen MR) is 93.8 cm³/mol. The van der Waals surface area contributed by atoms with Gasteiger partial charge in [-0.3, -0.25) is 4.90 Å². The first kappa shape index (κ1) is 15.4. The highest BCUT2D eigenvalue weighted by atomic mass is 35.5. The largest absolute Gasteiger partial charge is 0.419 e. The van der Waals surface area contributed by atoms with E-state index in [1.54, 1.807) is 0 Å². The highest BCUT2D eigenvalue weighted by Crippen LogP contribution is 2.29. The topological polar surface area (TPSA) is 42.2 Å². The molecule has 5 heteroatoms. The number of hydrogen-bond acceptors (Lipinski definition) is 4. The quantitative estimate of drug-likeness (QED) is 0.707. The van der Waals surface area contributed by atoms with Gasteiger partial charge in [0.1, 0.15) is 0 Å². The fourth-order valence-corrected chi connectivity index (χ4v) is 3.44. The van der Waals surface area contributed by atoms with Crippen LogP contribution in [0, 0.1) is 0 Å². The summed E-state index contributed by atoms with van der Waals surface area (Å²) in [5.74, 6) is 1.70. The van der Waals surface area contributed by atoms with E-state index in [-0.39, 0.29) is 0 Å². The van der Waals surface area contributed by atoms with Crippen LogP contribution in [0.1, 0.15) is 23.8 Å². The van der Waals surface area contributed by atoms with Crippen LogP contribution in [0.15, 0.2) is 59.0 Å². The lowest BCUT2D eigenvalue weighted by molar-refractivity contribution is 0.289. The van der Waals surface area contributed by atoms with E-state index in [0.29, 0.717) is 29.3 Å². The number of halogens is 1. The molecular formula is C19H18ClN3O. The average Bonchev–Trinajstić information content (AvgIpc) is 3.26. The Bertz CT molecular complexity index is 818. The molecule has 122 valence electrons. The minimum atomic E-state index is 0.481. The van der Waals surface area contributed by atoms with Crippen LogP contribution in [0.4, 0.5) is 0 Å². The highest BCUT2D eigenvalue weighted by Gasteiger charge is 2.25. The Kier molecular flexibility index (Phi) is 4.32. The second-order valence-electron chi connectivity index (χ2n) is 6.11. The molecule has 1 fully saturated rings. The van der Waals surface area contributed by atoms with E-state index < -0.39 is 0 Å². The molecule has 1 saturated heterocycles. The van der Waals surface area contributed by atoms with Crippen molar-refractivity contribution in [3.8, 4) is 11.5 Å². The zero-order valence-electron chi connectivity index (χ0n) is 13.2. The molecule has 1 aliphatic rings. The third-order valence-electron chi connectivity index (χ3n) is 4.47. The molecule has 1 aliphatic heterocycles. The number of nitrogens with zero attached hydrogens (tertiary/aromatic N) is 3. The number of aromatic nitrogens is 2. The van der Waals surface area contributed by atoms with Crippen molar-refractivity contribution in [2.75, 3.05) is 13.1 Å². The maximum absolute atomic E-state index is 6.19. The summed E-state index contributed by atoms with van der Waals surface area (Å²) in [6, 6.07) is 18.2. The van der Waals surface area contributed by atoms with Crippen LogP contribution >= 0.6 is 11.6 Å². The van der Waals surface area contributed by atoms with Crippen molar-refractivity contribution in [2.24, 2.45) is 0 Å². The monoisotopic (exact) mass is 339 g/mol. The molecule has 0 amide bonds. The Morgan fingerprint density at radius 2 is 1.83 bits per heavy atom. The lowest BCUT2D eigenvalue weighted by atomic mass is 9.99. The first-order chi connectivity index (χ1) is 11.8. The van der Waals surface area contributed by atoms with E-state index in [1.807, 2.05) is 24.3 Å². The van der Waals surface area contributed by atoms with Crippen LogP contribution in [0.3, 0.4) is 0 Å². The van der Waals surface area contributed by atoms with E-state index >= 15 is 0 Å². The van der Waals surface area contributed by atoms with E-state index in [0.717, 1.165) is 25.1 Å². The van der Waals surface area contributed by atoms with Crippen molar-refractivity contribution in [1.29, 1.82) is 0 Å². The van der Waals surface area contributed by atoms with Gasteiger partial charge in [0.25, 0.3) is 0 Å². The summed E-state index contributed by atoms with van der Waals surface area (Å²) in [6.45, 7) is 2.75. The molecule has 24 heavy (non-hydrogen) atoms. The molecule has 0 aliphatic carbocycles. The van der Waals surface area contributed by atoms with Crippen LogP contribution in [0.2, 0.25) is 5.02 Å². The fourth-order valence-electron chi connectivity index (χ4n) is 3.23. The van der Waals surface area contributed by atoms with Crippen molar-refractivity contribution in [1.82, 2.24) is 15.1 Å². The molecule has 2 heterocycles. The first-order valence-electron chi connectivity index (χ1n) is 8.14. The summed E-state index contributed by atoms with van der Waals surface area (Å²) in [4.78, 5) is 2.36. The smallest absolute Gasteiger partial charge is 0.249 e. The Morgan fingerprint density at radius 1 is 1.04 bits per heavy atom. The average molecular weight is 340 g/mol. The summed E-state index contributed by atoms with van der Waals surface area (Å²) >= 11 is 6.19. The van der Waals surface area contributed by atoms with Gasteiger partial charge < -0.3 is 4.42 Å². The first-order valence-corrected chi connectivity index (χ1v) is 8.52. The molecule has 3 aromatic rings. The SMILES string of the molecule is Clc1ccccc1-c1nnc(CN2CCC(c3ccccc3)C2)o1. The van der Waals surface area contributed by atoms with Crippen LogP contribution < -0.4 is 0 Å². The molecule has 0 bridgehead atoms. The third-order valence-corrected chi connectivity index (χ3v) is 4.80. The van der Waals surface area contributed by atoms with Gasteiger partial charge in [-0.15, -0.1) is 10.2 Å². The molecule has 1 unspecified atom stereocenters. The fraction of sp³-hybridized carbons (Fsp3) is 0.263. The van der Waals surface area contributed by atoms with E-state index in [9.17, 15) is 0 Å². The third kappa shape index (κ3) is 3.21. The molecule has 2 aromatic carbocycles. The second-order valence-corrected chi connectivity index (χ2v) is 6.52. The van der Waals surface area contributed by atoms with Gasteiger partial charge in [0.15, 0.2) is 0 Å². The number of benzene rings is 2. The van der Waals surface area contributed by atoms with Crippen LogP contribution in [-0.2, 0) is 6.54 Å². The van der Waals surface area contributed by atoms with Gasteiger partial charge in [0.05, 0.1) is 17.1 Å². The molecule has 0 spiro atoms. The van der Waals surface area contributed by atoms with Crippen molar-refractivity contribution < 1.29 is 4.42 Å². The molecule has 0 saturated carbocycles. The maximum atomic E-state index is 6.19. The Morgan fingerprint density at radius 3 is 2.67 bits per heavy atom. The van der Waals surface area contributed by atoms with Gasteiger partial charge in [-0.25, -0.2) is 0 Å². The van der Waals surface area contributed by atoms with E-state index in [2.05, 4.69) is 45.4 Å².